The first-order valence-corrected chi connectivity index (χ1v) is 9.03. The molecule has 2 aromatic rings. The summed E-state index contributed by atoms with van der Waals surface area (Å²) in [6.07, 6.45) is 0. The molecule has 0 atom stereocenters. The van der Waals surface area contributed by atoms with E-state index in [1.54, 1.807) is 13.0 Å². The second kappa shape index (κ2) is 7.15. The molecule has 1 N–H and O–H groups in total. The summed E-state index contributed by atoms with van der Waals surface area (Å²) in [7, 11) is -0.639. The van der Waals surface area contributed by atoms with Crippen molar-refractivity contribution in [1.82, 2.24) is 9.62 Å². The third-order valence-electron chi connectivity index (χ3n) is 3.77. The molecule has 0 saturated carbocycles. The van der Waals surface area contributed by atoms with Gasteiger partial charge in [-0.3, -0.25) is 4.79 Å². The van der Waals surface area contributed by atoms with Crippen LogP contribution in [0.4, 0.5) is 0 Å². The predicted molar refractivity (Wildman–Crippen MR) is 94.4 cm³/mol. The molecule has 0 radical (unpaired) electrons. The van der Waals surface area contributed by atoms with Crippen LogP contribution in [0.3, 0.4) is 0 Å². The van der Waals surface area contributed by atoms with E-state index in [-0.39, 0.29) is 10.8 Å². The van der Waals surface area contributed by atoms with Gasteiger partial charge in [0.1, 0.15) is 0 Å². The van der Waals surface area contributed by atoms with Gasteiger partial charge in [0.2, 0.25) is 10.0 Å². The highest BCUT2D eigenvalue weighted by atomic mass is 32.2. The van der Waals surface area contributed by atoms with Gasteiger partial charge in [-0.1, -0.05) is 35.9 Å². The average molecular weight is 346 g/mol. The fraction of sp³-hybridized carbons (Fsp3) is 0.278. The van der Waals surface area contributed by atoms with Crippen LogP contribution in [-0.2, 0) is 16.6 Å². The Bertz CT molecular complexity index is 858. The molecule has 128 valence electrons. The molecule has 24 heavy (non-hydrogen) atoms. The molecule has 1 amide bonds. The summed E-state index contributed by atoms with van der Waals surface area (Å²) in [6.45, 7) is 4.17. The molecule has 0 aromatic heterocycles. The van der Waals surface area contributed by atoms with Crippen LogP contribution in [0, 0.1) is 13.8 Å². The molecule has 0 aliphatic heterocycles. The number of nitrogens with zero attached hydrogens (tertiary/aromatic N) is 1. The van der Waals surface area contributed by atoms with Crippen molar-refractivity contribution in [1.29, 1.82) is 0 Å². The average Bonchev–Trinajstić information content (AvgIpc) is 2.52. The number of carbonyl (C=O) groups is 1. The number of amides is 1. The minimum absolute atomic E-state index is 0.110. The normalized spacial score (nSPS) is 11.5. The van der Waals surface area contributed by atoms with Crippen molar-refractivity contribution in [2.24, 2.45) is 0 Å². The zero-order valence-corrected chi connectivity index (χ0v) is 15.1. The molecule has 0 spiro atoms. The van der Waals surface area contributed by atoms with Crippen LogP contribution in [0.25, 0.3) is 0 Å². The van der Waals surface area contributed by atoms with E-state index in [4.69, 9.17) is 0 Å². The lowest BCUT2D eigenvalue weighted by molar-refractivity contribution is 0.0950. The summed E-state index contributed by atoms with van der Waals surface area (Å²) >= 11 is 0. The van der Waals surface area contributed by atoms with Crippen LogP contribution < -0.4 is 5.32 Å². The number of benzene rings is 2. The molecular formula is C18H22N2O3S. The third-order valence-corrected chi connectivity index (χ3v) is 5.58. The van der Waals surface area contributed by atoms with Crippen molar-refractivity contribution in [2.75, 3.05) is 14.1 Å². The maximum Gasteiger partial charge on any atom is 0.251 e. The van der Waals surface area contributed by atoms with E-state index in [0.717, 1.165) is 21.0 Å². The van der Waals surface area contributed by atoms with E-state index in [1.165, 1.54) is 26.2 Å². The van der Waals surface area contributed by atoms with Crippen LogP contribution >= 0.6 is 0 Å². The van der Waals surface area contributed by atoms with Gasteiger partial charge in [0.05, 0.1) is 4.90 Å². The summed E-state index contributed by atoms with van der Waals surface area (Å²) in [4.78, 5) is 12.6. The number of rotatable bonds is 5. The molecule has 0 saturated heterocycles. The SMILES string of the molecule is Cc1cccc(CNC(=O)c2cc(S(=O)(=O)N(C)C)ccc2C)c1. The Morgan fingerprint density at radius 1 is 1.08 bits per heavy atom. The lowest BCUT2D eigenvalue weighted by Gasteiger charge is -2.14. The van der Waals surface area contributed by atoms with Gasteiger partial charge in [-0.15, -0.1) is 0 Å². The van der Waals surface area contributed by atoms with Gasteiger partial charge in [0, 0.05) is 26.2 Å². The Balaban J connectivity index is 2.23. The second-order valence-corrected chi connectivity index (χ2v) is 8.09. The maximum absolute atomic E-state index is 12.5. The van der Waals surface area contributed by atoms with Gasteiger partial charge in [-0.2, -0.15) is 0 Å². The Kier molecular flexibility index (Phi) is 5.41. The maximum atomic E-state index is 12.5. The van der Waals surface area contributed by atoms with E-state index < -0.39 is 10.0 Å². The van der Waals surface area contributed by atoms with Crippen LogP contribution in [0.5, 0.6) is 0 Å². The van der Waals surface area contributed by atoms with Crippen LogP contribution in [0.2, 0.25) is 0 Å². The summed E-state index contributed by atoms with van der Waals surface area (Å²) in [6, 6.07) is 12.5. The number of nitrogens with one attached hydrogen (secondary N) is 1. The van der Waals surface area contributed by atoms with E-state index in [2.05, 4.69) is 5.32 Å². The quantitative estimate of drug-likeness (QED) is 0.904. The van der Waals surface area contributed by atoms with Crippen molar-refractivity contribution in [3.63, 3.8) is 0 Å². The van der Waals surface area contributed by atoms with Crippen molar-refractivity contribution in [3.05, 3.63) is 64.7 Å². The van der Waals surface area contributed by atoms with E-state index >= 15 is 0 Å². The molecule has 0 aliphatic carbocycles. The first-order chi connectivity index (χ1) is 11.2. The van der Waals surface area contributed by atoms with Crippen molar-refractivity contribution in [3.8, 4) is 0 Å². The molecule has 2 aromatic carbocycles. The van der Waals surface area contributed by atoms with E-state index in [0.29, 0.717) is 12.1 Å². The lowest BCUT2D eigenvalue weighted by atomic mass is 10.1. The van der Waals surface area contributed by atoms with Gasteiger partial charge in [-0.05, 0) is 37.1 Å². The highest BCUT2D eigenvalue weighted by Crippen LogP contribution is 2.18. The first-order valence-electron chi connectivity index (χ1n) is 7.59. The molecule has 6 heteroatoms. The summed E-state index contributed by atoms with van der Waals surface area (Å²) < 4.78 is 25.6. The minimum Gasteiger partial charge on any atom is -0.348 e. The van der Waals surface area contributed by atoms with Crippen LogP contribution in [-0.4, -0.2) is 32.7 Å². The van der Waals surface area contributed by atoms with Gasteiger partial charge >= 0.3 is 0 Å². The monoisotopic (exact) mass is 346 g/mol. The fourth-order valence-corrected chi connectivity index (χ4v) is 3.25. The Morgan fingerprint density at radius 3 is 2.42 bits per heavy atom. The summed E-state index contributed by atoms with van der Waals surface area (Å²) in [5.41, 5.74) is 3.22. The van der Waals surface area contributed by atoms with Crippen molar-refractivity contribution >= 4 is 15.9 Å². The Morgan fingerprint density at radius 2 is 1.79 bits per heavy atom. The van der Waals surface area contributed by atoms with Gasteiger partial charge < -0.3 is 5.32 Å². The highest BCUT2D eigenvalue weighted by molar-refractivity contribution is 7.89. The molecule has 0 unspecified atom stereocenters. The smallest absolute Gasteiger partial charge is 0.251 e. The molecule has 0 aliphatic rings. The zero-order valence-electron chi connectivity index (χ0n) is 14.3. The Hall–Kier alpha value is -2.18. The van der Waals surface area contributed by atoms with Crippen molar-refractivity contribution < 1.29 is 13.2 Å². The standard InChI is InChI=1S/C18H22N2O3S/c1-13-6-5-7-15(10-13)12-19-18(21)17-11-16(9-8-14(17)2)24(22,23)20(3)4/h5-11H,12H2,1-4H3,(H,19,21). The van der Waals surface area contributed by atoms with Gasteiger partial charge in [-0.25, -0.2) is 12.7 Å². The minimum atomic E-state index is -3.57. The van der Waals surface area contributed by atoms with Crippen LogP contribution in [0.15, 0.2) is 47.4 Å². The number of carbonyl (C=O) groups excluding carboxylic acids is 1. The molecule has 5 nitrogen and oxygen atoms in total. The van der Waals surface area contributed by atoms with E-state index in [9.17, 15) is 13.2 Å². The summed E-state index contributed by atoms with van der Waals surface area (Å²) in [5, 5.41) is 2.84. The third kappa shape index (κ3) is 4.01. The number of sulfonamides is 1. The Labute approximate surface area is 143 Å². The number of hydrogen-bond acceptors (Lipinski definition) is 3. The van der Waals surface area contributed by atoms with Crippen LogP contribution in [0.1, 0.15) is 27.0 Å². The largest absolute Gasteiger partial charge is 0.348 e. The highest BCUT2D eigenvalue weighted by Gasteiger charge is 2.20. The lowest BCUT2D eigenvalue weighted by Crippen LogP contribution is -2.25. The van der Waals surface area contributed by atoms with Gasteiger partial charge in [0.15, 0.2) is 0 Å². The molecule has 0 fully saturated rings. The first kappa shape index (κ1) is 18.2. The predicted octanol–water partition coefficient (Wildman–Crippen LogP) is 2.48. The van der Waals surface area contributed by atoms with E-state index in [1.807, 2.05) is 31.2 Å². The van der Waals surface area contributed by atoms with Gasteiger partial charge in [0.25, 0.3) is 5.91 Å². The molecule has 2 rings (SSSR count). The molecule has 0 heterocycles. The summed E-state index contributed by atoms with van der Waals surface area (Å²) in [5.74, 6) is -0.287. The van der Waals surface area contributed by atoms with Crippen molar-refractivity contribution in [2.45, 2.75) is 25.3 Å². The number of hydrogen-bond donors (Lipinski definition) is 1. The second-order valence-electron chi connectivity index (χ2n) is 5.94. The number of aryl methyl sites for hydroxylation is 2. The zero-order chi connectivity index (χ0) is 17.9. The topological polar surface area (TPSA) is 66.5 Å². The fourth-order valence-electron chi connectivity index (χ4n) is 2.32. The molecule has 0 bridgehead atoms. The molecular weight excluding hydrogens is 324 g/mol.